The normalized spacial score (nSPS) is 10.2. The number of aryl methyl sites for hydroxylation is 1. The quantitative estimate of drug-likeness (QED) is 0.456. The van der Waals surface area contributed by atoms with Crippen LogP contribution in [0.4, 0.5) is 11.4 Å². The van der Waals surface area contributed by atoms with Crippen LogP contribution in [0.15, 0.2) is 42.5 Å². The topological polar surface area (TPSA) is 102 Å². The zero-order valence-corrected chi connectivity index (χ0v) is 15.4. The summed E-state index contributed by atoms with van der Waals surface area (Å²) in [7, 11) is 3.17. The Morgan fingerprint density at radius 1 is 1.22 bits per heavy atom. The van der Waals surface area contributed by atoms with E-state index < -0.39 is 17.5 Å². The molecule has 0 saturated carbocycles. The van der Waals surface area contributed by atoms with Crippen LogP contribution in [0.2, 0.25) is 0 Å². The molecule has 0 unspecified atom stereocenters. The van der Waals surface area contributed by atoms with E-state index in [1.807, 2.05) is 31.2 Å². The van der Waals surface area contributed by atoms with Crippen LogP contribution in [-0.2, 0) is 16.1 Å². The number of likely N-dealkylation sites (N-methyl/N-ethyl adjacent to an activating group) is 1. The minimum Gasteiger partial charge on any atom is -0.452 e. The summed E-state index contributed by atoms with van der Waals surface area (Å²) < 4.78 is 5.01. The first kappa shape index (κ1) is 19.9. The first-order valence-corrected chi connectivity index (χ1v) is 8.25. The lowest BCUT2D eigenvalue weighted by Crippen LogP contribution is -2.31. The monoisotopic (exact) mass is 371 g/mol. The van der Waals surface area contributed by atoms with E-state index in [-0.39, 0.29) is 22.8 Å². The predicted octanol–water partition coefficient (Wildman–Crippen LogP) is 2.76. The van der Waals surface area contributed by atoms with Gasteiger partial charge in [0.25, 0.3) is 11.6 Å². The Morgan fingerprint density at radius 3 is 2.56 bits per heavy atom. The highest BCUT2D eigenvalue weighted by Gasteiger charge is 2.19. The molecule has 0 spiro atoms. The number of hydrogen-bond donors (Lipinski definition) is 1. The molecule has 0 heterocycles. The highest BCUT2D eigenvalue weighted by atomic mass is 16.6. The van der Waals surface area contributed by atoms with Crippen LogP contribution in [0.3, 0.4) is 0 Å². The molecule has 0 bridgehead atoms. The van der Waals surface area contributed by atoms with Gasteiger partial charge in [-0.2, -0.15) is 0 Å². The maximum absolute atomic E-state index is 12.2. The lowest BCUT2D eigenvalue weighted by atomic mass is 10.1. The van der Waals surface area contributed by atoms with Crippen LogP contribution >= 0.6 is 0 Å². The van der Waals surface area contributed by atoms with E-state index in [2.05, 4.69) is 5.32 Å². The lowest BCUT2D eigenvalue weighted by molar-refractivity contribution is -0.384. The van der Waals surface area contributed by atoms with Gasteiger partial charge in [0.2, 0.25) is 0 Å². The molecule has 2 rings (SSSR count). The Labute approximate surface area is 156 Å². The van der Waals surface area contributed by atoms with Crippen molar-refractivity contribution in [3.8, 4) is 0 Å². The molecular weight excluding hydrogens is 350 g/mol. The maximum atomic E-state index is 12.2. The second-order valence-corrected chi connectivity index (χ2v) is 5.99. The summed E-state index contributed by atoms with van der Waals surface area (Å²) in [4.78, 5) is 36.3. The second kappa shape index (κ2) is 8.79. The summed E-state index contributed by atoms with van der Waals surface area (Å²) in [6, 6.07) is 11.6. The van der Waals surface area contributed by atoms with E-state index in [0.717, 1.165) is 17.2 Å². The number of nitro groups is 1. The first-order valence-electron chi connectivity index (χ1n) is 8.25. The van der Waals surface area contributed by atoms with E-state index in [1.54, 1.807) is 14.1 Å². The van der Waals surface area contributed by atoms with Gasteiger partial charge in [-0.1, -0.05) is 24.3 Å². The number of nitro benzene ring substituents is 1. The summed E-state index contributed by atoms with van der Waals surface area (Å²) in [6.45, 7) is 1.91. The number of benzene rings is 2. The van der Waals surface area contributed by atoms with Gasteiger partial charge in [-0.3, -0.25) is 14.9 Å². The zero-order valence-electron chi connectivity index (χ0n) is 15.4. The summed E-state index contributed by atoms with van der Waals surface area (Å²) in [6.07, 6.45) is 0. The molecule has 0 aromatic heterocycles. The van der Waals surface area contributed by atoms with Crippen molar-refractivity contribution in [1.82, 2.24) is 4.90 Å². The Balaban J connectivity index is 1.98. The molecule has 8 heteroatoms. The Hall–Kier alpha value is -3.42. The largest absolute Gasteiger partial charge is 0.452 e. The van der Waals surface area contributed by atoms with E-state index >= 15 is 0 Å². The summed E-state index contributed by atoms with van der Waals surface area (Å²) in [5.41, 5.74) is 2.11. The highest BCUT2D eigenvalue weighted by molar-refractivity contribution is 5.93. The van der Waals surface area contributed by atoms with Gasteiger partial charge in [0.1, 0.15) is 5.69 Å². The van der Waals surface area contributed by atoms with E-state index in [0.29, 0.717) is 6.54 Å². The molecule has 0 saturated heterocycles. The van der Waals surface area contributed by atoms with Gasteiger partial charge in [0, 0.05) is 26.7 Å². The molecule has 0 aliphatic carbocycles. The van der Waals surface area contributed by atoms with E-state index in [9.17, 15) is 19.7 Å². The number of carbonyl (C=O) groups excluding carboxylic acids is 2. The third-order valence-corrected chi connectivity index (χ3v) is 4.12. The van der Waals surface area contributed by atoms with Crippen LogP contribution in [0.5, 0.6) is 0 Å². The van der Waals surface area contributed by atoms with Crippen molar-refractivity contribution in [1.29, 1.82) is 0 Å². The zero-order chi connectivity index (χ0) is 20.0. The molecular formula is C19H21N3O5. The molecule has 0 fully saturated rings. The molecule has 1 amide bonds. The van der Waals surface area contributed by atoms with Gasteiger partial charge in [-0.25, -0.2) is 4.79 Å². The standard InChI is InChI=1S/C19H21N3O5/c1-13-6-4-5-7-15(13)11-21(3)18(23)12-27-19(24)14-8-9-16(20-2)17(10-14)22(25)26/h4-10,20H,11-12H2,1-3H3. The molecule has 0 aliphatic rings. The minimum atomic E-state index is -0.793. The fourth-order valence-electron chi connectivity index (χ4n) is 2.47. The van der Waals surface area contributed by atoms with Crippen LogP contribution < -0.4 is 5.32 Å². The number of nitrogens with zero attached hydrogens (tertiary/aromatic N) is 2. The second-order valence-electron chi connectivity index (χ2n) is 5.99. The fraction of sp³-hybridized carbons (Fsp3) is 0.263. The first-order chi connectivity index (χ1) is 12.8. The van der Waals surface area contributed by atoms with Crippen LogP contribution in [-0.4, -0.2) is 42.4 Å². The van der Waals surface area contributed by atoms with E-state index in [4.69, 9.17) is 4.74 Å². The van der Waals surface area contributed by atoms with Crippen molar-refractivity contribution >= 4 is 23.3 Å². The van der Waals surface area contributed by atoms with Crippen molar-refractivity contribution in [2.24, 2.45) is 0 Å². The summed E-state index contributed by atoms with van der Waals surface area (Å²) in [5, 5.41) is 13.7. The van der Waals surface area contributed by atoms with Gasteiger partial charge >= 0.3 is 5.97 Å². The van der Waals surface area contributed by atoms with Crippen LogP contribution in [0, 0.1) is 17.0 Å². The van der Waals surface area contributed by atoms with Crippen LogP contribution in [0.25, 0.3) is 0 Å². The van der Waals surface area contributed by atoms with Crippen molar-refractivity contribution in [3.05, 3.63) is 69.3 Å². The van der Waals surface area contributed by atoms with Crippen molar-refractivity contribution < 1.29 is 19.2 Å². The Bertz CT molecular complexity index is 866. The number of hydrogen-bond acceptors (Lipinski definition) is 6. The van der Waals surface area contributed by atoms with Crippen LogP contribution in [0.1, 0.15) is 21.5 Å². The highest BCUT2D eigenvalue weighted by Crippen LogP contribution is 2.25. The predicted molar refractivity (Wildman–Crippen MR) is 101 cm³/mol. The average molecular weight is 371 g/mol. The van der Waals surface area contributed by atoms with Gasteiger partial charge in [-0.15, -0.1) is 0 Å². The number of esters is 1. The SMILES string of the molecule is CNc1ccc(C(=O)OCC(=O)N(C)Cc2ccccc2C)cc1[N+](=O)[O-]. The van der Waals surface area contributed by atoms with Gasteiger partial charge in [0.05, 0.1) is 10.5 Å². The lowest BCUT2D eigenvalue weighted by Gasteiger charge is -2.18. The third kappa shape index (κ3) is 5.04. The Kier molecular flexibility index (Phi) is 6.48. The van der Waals surface area contributed by atoms with E-state index in [1.165, 1.54) is 17.0 Å². The number of ether oxygens (including phenoxy) is 1. The molecule has 142 valence electrons. The third-order valence-electron chi connectivity index (χ3n) is 4.12. The molecule has 27 heavy (non-hydrogen) atoms. The van der Waals surface area contributed by atoms with Gasteiger partial charge in [-0.05, 0) is 30.2 Å². The molecule has 0 radical (unpaired) electrons. The number of anilines is 1. The van der Waals surface area contributed by atoms with Crippen molar-refractivity contribution in [2.45, 2.75) is 13.5 Å². The maximum Gasteiger partial charge on any atom is 0.338 e. The number of carbonyl (C=O) groups is 2. The molecule has 8 nitrogen and oxygen atoms in total. The fourth-order valence-corrected chi connectivity index (χ4v) is 2.47. The average Bonchev–Trinajstić information content (AvgIpc) is 2.66. The van der Waals surface area contributed by atoms with Gasteiger partial charge in [0.15, 0.2) is 6.61 Å². The summed E-state index contributed by atoms with van der Waals surface area (Å²) in [5.74, 6) is -1.16. The summed E-state index contributed by atoms with van der Waals surface area (Å²) >= 11 is 0. The van der Waals surface area contributed by atoms with Gasteiger partial charge < -0.3 is 15.0 Å². The number of amides is 1. The minimum absolute atomic E-state index is 0.00931. The molecule has 0 atom stereocenters. The molecule has 0 aliphatic heterocycles. The molecule has 2 aromatic rings. The molecule has 2 aromatic carbocycles. The number of rotatable bonds is 7. The van der Waals surface area contributed by atoms with Crippen molar-refractivity contribution in [3.63, 3.8) is 0 Å². The number of nitrogens with one attached hydrogen (secondary N) is 1. The molecule has 1 N–H and O–H groups in total. The van der Waals surface area contributed by atoms with Crippen molar-refractivity contribution in [2.75, 3.05) is 26.0 Å². The smallest absolute Gasteiger partial charge is 0.338 e. The Morgan fingerprint density at radius 2 is 1.93 bits per heavy atom.